The smallest absolute Gasteiger partial charge is 0.257 e. The van der Waals surface area contributed by atoms with Crippen molar-refractivity contribution in [2.75, 3.05) is 26.5 Å². The normalized spacial score (nSPS) is 11.1. The standard InChI is InChI=1S/C25H29N5O3/c1-4-5-6-9-14-27-25(31)21-22-24(29-18-11-8-7-10-17(18)28-22)30(23(21)26)19-13-12-16(32-2)15-20(19)33-3/h7-8,10-13,15H,4-6,9,14,26H2,1-3H3,(H,27,31). The number of para-hydroxylation sites is 2. The summed E-state index contributed by atoms with van der Waals surface area (Å²) in [7, 11) is 3.17. The maximum absolute atomic E-state index is 13.2. The van der Waals surface area contributed by atoms with E-state index in [0.717, 1.165) is 25.7 Å². The number of nitrogen functional groups attached to an aromatic ring is 1. The molecular weight excluding hydrogens is 418 g/mol. The molecular formula is C25H29N5O3. The summed E-state index contributed by atoms with van der Waals surface area (Å²) < 4.78 is 12.6. The lowest BCUT2D eigenvalue weighted by Gasteiger charge is -2.13. The first-order valence-electron chi connectivity index (χ1n) is 11.2. The molecule has 0 bridgehead atoms. The number of nitrogens with zero attached hydrogens (tertiary/aromatic N) is 3. The molecule has 3 N–H and O–H groups in total. The summed E-state index contributed by atoms with van der Waals surface area (Å²) in [6.45, 7) is 2.74. The van der Waals surface area contributed by atoms with Crippen LogP contribution in [0.1, 0.15) is 43.0 Å². The van der Waals surface area contributed by atoms with Crippen molar-refractivity contribution in [1.29, 1.82) is 0 Å². The zero-order valence-electron chi connectivity index (χ0n) is 19.2. The number of hydrogen-bond acceptors (Lipinski definition) is 6. The van der Waals surface area contributed by atoms with E-state index in [4.69, 9.17) is 25.2 Å². The van der Waals surface area contributed by atoms with Crippen molar-refractivity contribution in [3.8, 4) is 17.2 Å². The van der Waals surface area contributed by atoms with E-state index >= 15 is 0 Å². The van der Waals surface area contributed by atoms with Gasteiger partial charge >= 0.3 is 0 Å². The summed E-state index contributed by atoms with van der Waals surface area (Å²) in [5.74, 6) is 1.19. The van der Waals surface area contributed by atoms with Gasteiger partial charge in [0.2, 0.25) is 0 Å². The lowest BCUT2D eigenvalue weighted by Crippen LogP contribution is -2.25. The first-order valence-corrected chi connectivity index (χ1v) is 11.2. The summed E-state index contributed by atoms with van der Waals surface area (Å²) in [5, 5.41) is 3.00. The maximum atomic E-state index is 13.2. The molecule has 0 fully saturated rings. The topological polar surface area (TPSA) is 104 Å². The van der Waals surface area contributed by atoms with E-state index in [-0.39, 0.29) is 11.7 Å². The van der Waals surface area contributed by atoms with Gasteiger partial charge in [-0.1, -0.05) is 38.3 Å². The van der Waals surface area contributed by atoms with E-state index in [9.17, 15) is 4.79 Å². The van der Waals surface area contributed by atoms with Crippen LogP contribution in [0.5, 0.6) is 11.5 Å². The second-order valence-corrected chi connectivity index (χ2v) is 7.83. The number of aromatic nitrogens is 3. The molecule has 2 aromatic heterocycles. The van der Waals surface area contributed by atoms with Crippen LogP contribution in [0.3, 0.4) is 0 Å². The summed E-state index contributed by atoms with van der Waals surface area (Å²) in [4.78, 5) is 22.8. The zero-order valence-corrected chi connectivity index (χ0v) is 19.2. The highest BCUT2D eigenvalue weighted by atomic mass is 16.5. The predicted octanol–water partition coefficient (Wildman–Crippen LogP) is 4.48. The highest BCUT2D eigenvalue weighted by Gasteiger charge is 2.26. The summed E-state index contributed by atoms with van der Waals surface area (Å²) >= 11 is 0. The molecule has 8 heteroatoms. The van der Waals surface area contributed by atoms with Crippen LogP contribution in [0.2, 0.25) is 0 Å². The molecule has 1 amide bonds. The number of fused-ring (bicyclic) bond motifs is 2. The van der Waals surface area contributed by atoms with Crippen molar-refractivity contribution in [3.05, 3.63) is 48.0 Å². The third-order valence-corrected chi connectivity index (χ3v) is 5.67. The van der Waals surface area contributed by atoms with Crippen molar-refractivity contribution in [1.82, 2.24) is 19.9 Å². The number of unbranched alkanes of at least 4 members (excludes halogenated alkanes) is 3. The van der Waals surface area contributed by atoms with Crippen molar-refractivity contribution >= 4 is 33.9 Å². The Bertz CT molecular complexity index is 1300. The fraction of sp³-hybridized carbons (Fsp3) is 0.320. The molecule has 33 heavy (non-hydrogen) atoms. The SMILES string of the molecule is CCCCCCNC(=O)c1c(N)n(-c2ccc(OC)cc2OC)c2nc3ccccc3nc12. The second-order valence-electron chi connectivity index (χ2n) is 7.83. The van der Waals surface area contributed by atoms with Gasteiger partial charge in [-0.05, 0) is 30.7 Å². The Morgan fingerprint density at radius 3 is 2.48 bits per heavy atom. The molecule has 0 unspecified atom stereocenters. The van der Waals surface area contributed by atoms with E-state index in [1.54, 1.807) is 24.9 Å². The maximum Gasteiger partial charge on any atom is 0.257 e. The van der Waals surface area contributed by atoms with Crippen LogP contribution >= 0.6 is 0 Å². The number of nitrogens with two attached hydrogens (primary N) is 1. The lowest BCUT2D eigenvalue weighted by molar-refractivity contribution is 0.0955. The van der Waals surface area contributed by atoms with Gasteiger partial charge in [-0.3, -0.25) is 9.36 Å². The molecule has 0 aliphatic carbocycles. The lowest BCUT2D eigenvalue weighted by atomic mass is 10.2. The number of rotatable bonds is 9. The number of methoxy groups -OCH3 is 2. The number of amides is 1. The number of nitrogens with one attached hydrogen (secondary N) is 1. The molecule has 4 aromatic rings. The molecule has 4 rings (SSSR count). The Balaban J connectivity index is 1.87. The minimum absolute atomic E-state index is 0.259. The first-order chi connectivity index (χ1) is 16.1. The molecule has 2 heterocycles. The van der Waals surface area contributed by atoms with Crippen LogP contribution in [-0.4, -0.2) is 41.2 Å². The number of carbonyl (C=O) groups is 1. The van der Waals surface area contributed by atoms with Crippen LogP contribution in [0.15, 0.2) is 42.5 Å². The first kappa shape index (κ1) is 22.4. The minimum Gasteiger partial charge on any atom is -0.497 e. The molecule has 0 atom stereocenters. The third-order valence-electron chi connectivity index (χ3n) is 5.67. The van der Waals surface area contributed by atoms with Gasteiger partial charge in [-0.2, -0.15) is 0 Å². The van der Waals surface area contributed by atoms with E-state index < -0.39 is 0 Å². The fourth-order valence-electron chi connectivity index (χ4n) is 3.94. The van der Waals surface area contributed by atoms with Crippen molar-refractivity contribution in [3.63, 3.8) is 0 Å². The third kappa shape index (κ3) is 4.28. The monoisotopic (exact) mass is 447 g/mol. The average molecular weight is 448 g/mol. The Labute approximate surface area is 192 Å². The number of carbonyl (C=O) groups excluding carboxylic acids is 1. The Morgan fingerprint density at radius 1 is 1.03 bits per heavy atom. The zero-order chi connectivity index (χ0) is 23.4. The number of benzene rings is 2. The van der Waals surface area contributed by atoms with Crippen molar-refractivity contribution in [2.24, 2.45) is 0 Å². The van der Waals surface area contributed by atoms with E-state index in [1.165, 1.54) is 0 Å². The Hall–Kier alpha value is -3.81. The largest absolute Gasteiger partial charge is 0.497 e. The van der Waals surface area contributed by atoms with E-state index in [2.05, 4.69) is 12.2 Å². The quantitative estimate of drug-likeness (QED) is 0.367. The van der Waals surface area contributed by atoms with Gasteiger partial charge in [-0.25, -0.2) is 9.97 Å². The average Bonchev–Trinajstić information content (AvgIpc) is 3.12. The molecule has 172 valence electrons. The van der Waals surface area contributed by atoms with Gasteiger partial charge in [0.15, 0.2) is 5.65 Å². The molecule has 0 saturated heterocycles. The molecule has 0 aliphatic rings. The Kier molecular flexibility index (Phi) is 6.63. The molecule has 0 radical (unpaired) electrons. The summed E-state index contributed by atoms with van der Waals surface area (Å²) in [5.41, 5.74) is 9.91. The van der Waals surface area contributed by atoms with Crippen molar-refractivity contribution in [2.45, 2.75) is 32.6 Å². The minimum atomic E-state index is -0.259. The van der Waals surface area contributed by atoms with Gasteiger partial charge < -0.3 is 20.5 Å². The second kappa shape index (κ2) is 9.77. The number of hydrogen-bond donors (Lipinski definition) is 2. The van der Waals surface area contributed by atoms with Gasteiger partial charge in [-0.15, -0.1) is 0 Å². The predicted molar refractivity (Wildman–Crippen MR) is 130 cm³/mol. The van der Waals surface area contributed by atoms with Gasteiger partial charge in [0, 0.05) is 12.6 Å². The molecule has 0 saturated carbocycles. The summed E-state index contributed by atoms with van der Waals surface area (Å²) in [6.07, 6.45) is 4.27. The van der Waals surface area contributed by atoms with Crippen LogP contribution in [0, 0.1) is 0 Å². The molecule has 0 spiro atoms. The fourth-order valence-corrected chi connectivity index (χ4v) is 3.94. The van der Waals surface area contributed by atoms with Crippen molar-refractivity contribution < 1.29 is 14.3 Å². The summed E-state index contributed by atoms with van der Waals surface area (Å²) in [6, 6.07) is 13.0. The highest BCUT2D eigenvalue weighted by Crippen LogP contribution is 2.36. The highest BCUT2D eigenvalue weighted by molar-refractivity contribution is 6.11. The van der Waals surface area contributed by atoms with E-state index in [1.807, 2.05) is 36.4 Å². The van der Waals surface area contributed by atoms with Crippen LogP contribution in [0.25, 0.3) is 27.9 Å². The van der Waals surface area contributed by atoms with Crippen LogP contribution in [-0.2, 0) is 0 Å². The van der Waals surface area contributed by atoms with E-state index in [0.29, 0.717) is 51.5 Å². The van der Waals surface area contributed by atoms with Crippen LogP contribution < -0.4 is 20.5 Å². The van der Waals surface area contributed by atoms with Crippen LogP contribution in [0.4, 0.5) is 5.82 Å². The molecule has 2 aromatic carbocycles. The molecule has 0 aliphatic heterocycles. The van der Waals surface area contributed by atoms with Gasteiger partial charge in [0.1, 0.15) is 28.4 Å². The van der Waals surface area contributed by atoms with Gasteiger partial charge in [0.25, 0.3) is 5.91 Å². The number of anilines is 1. The number of ether oxygens (including phenoxy) is 2. The Morgan fingerprint density at radius 2 is 1.79 bits per heavy atom. The van der Waals surface area contributed by atoms with Gasteiger partial charge in [0.05, 0.1) is 30.9 Å². The molecule has 8 nitrogen and oxygen atoms in total.